The first-order valence-corrected chi connectivity index (χ1v) is 33.2. The average Bonchev–Trinajstić information content (AvgIpc) is 3.46. The molecule has 0 aromatic heterocycles. The van der Waals surface area contributed by atoms with E-state index in [2.05, 4.69) is 154 Å². The topological polar surface area (TPSA) is 78.9 Å². The summed E-state index contributed by atoms with van der Waals surface area (Å²) in [5.41, 5.74) is 0. The van der Waals surface area contributed by atoms with Gasteiger partial charge in [0.15, 0.2) is 6.10 Å². The molecule has 0 aromatic carbocycles. The second-order valence-corrected chi connectivity index (χ2v) is 21.6. The minimum Gasteiger partial charge on any atom is -0.462 e. The second kappa shape index (κ2) is 67.1. The second-order valence-electron chi connectivity index (χ2n) is 21.6. The van der Waals surface area contributed by atoms with Gasteiger partial charge in [0.2, 0.25) is 0 Å². The number of ether oxygens (including phenoxy) is 3. The van der Waals surface area contributed by atoms with Crippen LogP contribution in [-0.2, 0) is 28.6 Å². The zero-order valence-electron chi connectivity index (χ0n) is 52.0. The molecule has 6 heteroatoms. The number of rotatable bonds is 59. The number of hydrogen-bond donors (Lipinski definition) is 0. The summed E-state index contributed by atoms with van der Waals surface area (Å²) in [5.74, 6) is -0.912. The first-order valence-electron chi connectivity index (χ1n) is 33.2. The molecule has 0 saturated heterocycles. The van der Waals surface area contributed by atoms with Gasteiger partial charge < -0.3 is 14.2 Å². The molecular weight excluding hydrogens is 985 g/mol. The van der Waals surface area contributed by atoms with E-state index in [1.807, 2.05) is 0 Å². The SMILES string of the molecule is CC/C=C\C/C=C\C/C=C\C/C=C\C/C=C\C/C=C\CCCCCCC(=O)OC(COC(=O)CCCCCCCCCCCC)COC(=O)CCCCCCCCCCCCCCC/C=C\C/C=C\C/C=C\C/C=C\C/C=C\CC. The van der Waals surface area contributed by atoms with Crippen molar-refractivity contribution in [1.29, 1.82) is 0 Å². The van der Waals surface area contributed by atoms with Crippen LogP contribution in [-0.4, -0.2) is 37.2 Å². The van der Waals surface area contributed by atoms with Crippen LogP contribution in [0.3, 0.4) is 0 Å². The van der Waals surface area contributed by atoms with Crippen LogP contribution in [0.25, 0.3) is 0 Å². The third-order valence-electron chi connectivity index (χ3n) is 13.9. The molecule has 0 heterocycles. The smallest absolute Gasteiger partial charge is 0.306 e. The third-order valence-corrected chi connectivity index (χ3v) is 13.9. The molecule has 1 atom stereocenters. The molecule has 6 nitrogen and oxygen atoms in total. The molecule has 0 radical (unpaired) electrons. The summed E-state index contributed by atoms with van der Waals surface area (Å²) < 4.78 is 16.9. The van der Waals surface area contributed by atoms with Crippen molar-refractivity contribution in [3.05, 3.63) is 134 Å². The maximum absolute atomic E-state index is 12.9. The van der Waals surface area contributed by atoms with Gasteiger partial charge in [-0.15, -0.1) is 0 Å². The first kappa shape index (κ1) is 75.5. The molecule has 0 saturated carbocycles. The van der Waals surface area contributed by atoms with Gasteiger partial charge in [-0.25, -0.2) is 0 Å². The summed E-state index contributed by atoms with van der Waals surface area (Å²) in [6, 6.07) is 0. The minimum atomic E-state index is -0.795. The van der Waals surface area contributed by atoms with E-state index in [4.69, 9.17) is 14.2 Å². The van der Waals surface area contributed by atoms with Gasteiger partial charge in [-0.3, -0.25) is 14.4 Å². The van der Waals surface area contributed by atoms with E-state index >= 15 is 0 Å². The number of unbranched alkanes of at least 4 members (excludes halogenated alkanes) is 26. The van der Waals surface area contributed by atoms with Gasteiger partial charge in [-0.1, -0.05) is 296 Å². The van der Waals surface area contributed by atoms with Gasteiger partial charge in [-0.2, -0.15) is 0 Å². The lowest BCUT2D eigenvalue weighted by molar-refractivity contribution is -0.167. The van der Waals surface area contributed by atoms with Crippen LogP contribution in [0.4, 0.5) is 0 Å². The minimum absolute atomic E-state index is 0.0893. The quantitative estimate of drug-likeness (QED) is 0.0261. The van der Waals surface area contributed by atoms with E-state index in [0.29, 0.717) is 19.3 Å². The van der Waals surface area contributed by atoms with Crippen molar-refractivity contribution in [3.8, 4) is 0 Å². The van der Waals surface area contributed by atoms with Gasteiger partial charge in [0.25, 0.3) is 0 Å². The summed E-state index contributed by atoms with van der Waals surface area (Å²) in [4.78, 5) is 38.3. The van der Waals surface area contributed by atoms with E-state index in [1.165, 1.54) is 116 Å². The molecule has 0 N–H and O–H groups in total. The highest BCUT2D eigenvalue weighted by molar-refractivity contribution is 5.71. The number of esters is 3. The predicted molar refractivity (Wildman–Crippen MR) is 348 cm³/mol. The monoisotopic (exact) mass is 1110 g/mol. The average molecular weight is 1110 g/mol. The molecular formula is C74H122O6. The Bertz CT molecular complexity index is 1700. The molecule has 0 aliphatic rings. The highest BCUT2D eigenvalue weighted by Crippen LogP contribution is 2.16. The van der Waals surface area contributed by atoms with E-state index in [-0.39, 0.29) is 31.1 Å². The van der Waals surface area contributed by atoms with E-state index < -0.39 is 6.10 Å². The van der Waals surface area contributed by atoms with Crippen molar-refractivity contribution in [3.63, 3.8) is 0 Å². The first-order chi connectivity index (χ1) is 39.5. The van der Waals surface area contributed by atoms with Crippen molar-refractivity contribution >= 4 is 17.9 Å². The van der Waals surface area contributed by atoms with Crippen molar-refractivity contribution in [2.75, 3.05) is 13.2 Å². The fourth-order valence-corrected chi connectivity index (χ4v) is 9.00. The maximum Gasteiger partial charge on any atom is 0.306 e. The molecule has 0 fully saturated rings. The van der Waals surface area contributed by atoms with Gasteiger partial charge in [0.05, 0.1) is 0 Å². The van der Waals surface area contributed by atoms with E-state index in [1.54, 1.807) is 0 Å². The number of allylic oxidation sites excluding steroid dienone is 22. The van der Waals surface area contributed by atoms with Crippen LogP contribution in [0.1, 0.15) is 297 Å². The van der Waals surface area contributed by atoms with Crippen LogP contribution >= 0.6 is 0 Å². The van der Waals surface area contributed by atoms with Crippen molar-refractivity contribution < 1.29 is 28.6 Å². The van der Waals surface area contributed by atoms with Crippen molar-refractivity contribution in [1.82, 2.24) is 0 Å². The lowest BCUT2D eigenvalue weighted by atomic mass is 10.0. The Kier molecular flexibility index (Phi) is 63.3. The normalized spacial score (nSPS) is 13.0. The van der Waals surface area contributed by atoms with Crippen molar-refractivity contribution in [2.45, 2.75) is 303 Å². The summed E-state index contributed by atoms with van der Waals surface area (Å²) in [7, 11) is 0. The zero-order chi connectivity index (χ0) is 57.8. The molecule has 0 rings (SSSR count). The molecule has 0 spiro atoms. The molecule has 454 valence electrons. The molecule has 0 bridgehead atoms. The van der Waals surface area contributed by atoms with Crippen LogP contribution in [0.5, 0.6) is 0 Å². The van der Waals surface area contributed by atoms with Crippen LogP contribution < -0.4 is 0 Å². The predicted octanol–water partition coefficient (Wildman–Crippen LogP) is 22.9. The largest absolute Gasteiger partial charge is 0.462 e. The molecule has 0 aliphatic heterocycles. The molecule has 0 aliphatic carbocycles. The van der Waals surface area contributed by atoms with Crippen molar-refractivity contribution in [2.24, 2.45) is 0 Å². The van der Waals surface area contributed by atoms with Gasteiger partial charge >= 0.3 is 17.9 Å². The van der Waals surface area contributed by atoms with Crippen LogP contribution in [0.2, 0.25) is 0 Å². The molecule has 1 unspecified atom stereocenters. The van der Waals surface area contributed by atoms with E-state index in [0.717, 1.165) is 141 Å². The maximum atomic E-state index is 12.9. The summed E-state index contributed by atoms with van der Waals surface area (Å²) >= 11 is 0. The lowest BCUT2D eigenvalue weighted by Crippen LogP contribution is -2.30. The number of hydrogen-bond acceptors (Lipinski definition) is 6. The summed E-state index contributed by atoms with van der Waals surface area (Å²) in [6.07, 6.45) is 94.7. The molecule has 80 heavy (non-hydrogen) atoms. The Labute approximate surface area is 494 Å². The zero-order valence-corrected chi connectivity index (χ0v) is 52.0. The Balaban J connectivity index is 4.28. The summed E-state index contributed by atoms with van der Waals surface area (Å²) in [5, 5.41) is 0. The van der Waals surface area contributed by atoms with Crippen LogP contribution in [0, 0.1) is 0 Å². The fraction of sp³-hybridized carbons (Fsp3) is 0.662. The van der Waals surface area contributed by atoms with Gasteiger partial charge in [0, 0.05) is 19.3 Å². The van der Waals surface area contributed by atoms with E-state index in [9.17, 15) is 14.4 Å². The standard InChI is InChI=1S/C74H122O6/c1-4-7-10-13-16-19-22-24-26-28-30-32-34-35-36-37-38-39-41-42-44-46-48-50-52-55-58-61-64-67-73(76)79-70-71(69-78-72(75)66-63-60-57-54-21-18-15-12-9-6-3)80-74(77)68-65-62-59-56-53-51-49-47-45-43-40-33-31-29-27-25-23-20-17-14-11-8-5-2/h7-8,10-11,16-17,19-20,24-27,30-33,35-36,43,45,49,51,71H,4-6,9,12-15,18,21-23,28-29,34,37-42,44,46-48,50,52-70H2,1-3H3/b10-7-,11-8-,19-16-,20-17-,26-24-,27-25-,32-30-,33-31-,36-35-,45-43-,51-49-. The molecule has 0 amide bonds. The van der Waals surface area contributed by atoms with Crippen LogP contribution in [0.15, 0.2) is 134 Å². The Morgan fingerprint density at radius 1 is 0.263 bits per heavy atom. The fourth-order valence-electron chi connectivity index (χ4n) is 9.00. The third kappa shape index (κ3) is 64.4. The van der Waals surface area contributed by atoms with Gasteiger partial charge in [0.1, 0.15) is 13.2 Å². The van der Waals surface area contributed by atoms with Gasteiger partial charge in [-0.05, 0) is 116 Å². The number of carbonyl (C=O) groups excluding carboxylic acids is 3. The Morgan fingerprint density at radius 2 is 0.487 bits per heavy atom. The Morgan fingerprint density at radius 3 is 0.762 bits per heavy atom. The Hall–Kier alpha value is -4.45. The highest BCUT2D eigenvalue weighted by Gasteiger charge is 2.19. The summed E-state index contributed by atoms with van der Waals surface area (Å²) in [6.45, 7) is 6.39. The lowest BCUT2D eigenvalue weighted by Gasteiger charge is -2.18. The molecule has 0 aromatic rings. The highest BCUT2D eigenvalue weighted by atomic mass is 16.6. The number of carbonyl (C=O) groups is 3.